The molecule has 1 rings (SSSR count). The molecule has 0 amide bonds. The van der Waals surface area contributed by atoms with Gasteiger partial charge in [-0.1, -0.05) is 6.07 Å². The van der Waals surface area contributed by atoms with Gasteiger partial charge in [0.05, 0.1) is 10.9 Å². The van der Waals surface area contributed by atoms with Crippen LogP contribution >= 0.6 is 15.9 Å². The fourth-order valence-corrected chi connectivity index (χ4v) is 1.75. The van der Waals surface area contributed by atoms with Crippen LogP contribution in [-0.2, 0) is 4.79 Å². The third-order valence-corrected chi connectivity index (χ3v) is 3.20. The molecule has 4 N–H and O–H groups in total. The second kappa shape index (κ2) is 4.63. The average Bonchev–Trinajstić information content (AvgIpc) is 2.13. The lowest BCUT2D eigenvalue weighted by Crippen LogP contribution is -2.16. The van der Waals surface area contributed by atoms with Gasteiger partial charge >= 0.3 is 5.97 Å². The number of halogens is 1. The lowest BCUT2D eigenvalue weighted by molar-refractivity contribution is -0.137. The Hall–Kier alpha value is -1.07. The van der Waals surface area contributed by atoms with Crippen LogP contribution in [0.2, 0.25) is 0 Å². The molecule has 0 fully saturated rings. The number of aliphatic carboxylic acids is 1. The summed E-state index contributed by atoms with van der Waals surface area (Å²) in [4.78, 5) is 10.5. The van der Waals surface area contributed by atoms with Gasteiger partial charge in [-0.15, -0.1) is 0 Å². The molecule has 0 radical (unpaired) electrons. The summed E-state index contributed by atoms with van der Waals surface area (Å²) in [5, 5.41) is 18.0. The van der Waals surface area contributed by atoms with E-state index in [0.29, 0.717) is 4.47 Å². The molecule has 0 heterocycles. The molecule has 0 spiro atoms. The second-order valence-corrected chi connectivity index (χ2v) is 4.11. The van der Waals surface area contributed by atoms with Gasteiger partial charge in [-0.05, 0) is 40.0 Å². The van der Waals surface area contributed by atoms with Gasteiger partial charge in [0.15, 0.2) is 0 Å². The van der Waals surface area contributed by atoms with Gasteiger partial charge in [-0.3, -0.25) is 4.79 Å². The van der Waals surface area contributed by atoms with Crippen molar-refractivity contribution >= 4 is 21.9 Å². The highest BCUT2D eigenvalue weighted by Crippen LogP contribution is 2.32. The molecule has 1 aromatic carbocycles. The molecule has 0 aromatic heterocycles. The van der Waals surface area contributed by atoms with Crippen LogP contribution in [0.3, 0.4) is 0 Å². The molecule has 15 heavy (non-hydrogen) atoms. The molecule has 0 saturated carbocycles. The number of hydrogen-bond donors (Lipinski definition) is 3. The predicted octanol–water partition coefficient (Wildman–Crippen LogP) is 1.94. The number of phenolic OH excluding ortho intramolecular Hbond substituents is 1. The maximum absolute atomic E-state index is 10.5. The van der Waals surface area contributed by atoms with Crippen molar-refractivity contribution in [2.75, 3.05) is 0 Å². The predicted molar refractivity (Wildman–Crippen MR) is 59.7 cm³/mol. The van der Waals surface area contributed by atoms with Gasteiger partial charge in [0.25, 0.3) is 0 Å². The van der Waals surface area contributed by atoms with Crippen molar-refractivity contribution in [2.45, 2.75) is 19.4 Å². The zero-order valence-corrected chi connectivity index (χ0v) is 9.78. The number of hydrogen-bond acceptors (Lipinski definition) is 3. The summed E-state index contributed by atoms with van der Waals surface area (Å²) in [6.07, 6.45) is -0.127. The topological polar surface area (TPSA) is 83.6 Å². The number of benzene rings is 1. The summed E-state index contributed by atoms with van der Waals surface area (Å²) in [5.41, 5.74) is 7.22. The number of carboxylic acid groups (broad SMARTS) is 1. The molecule has 1 atom stereocenters. The fourth-order valence-electron chi connectivity index (χ4n) is 1.39. The van der Waals surface area contributed by atoms with Crippen molar-refractivity contribution in [1.82, 2.24) is 0 Å². The van der Waals surface area contributed by atoms with E-state index in [-0.39, 0.29) is 12.2 Å². The van der Waals surface area contributed by atoms with Crippen molar-refractivity contribution in [3.8, 4) is 5.75 Å². The van der Waals surface area contributed by atoms with Gasteiger partial charge in [-0.25, -0.2) is 0 Å². The van der Waals surface area contributed by atoms with Crippen molar-refractivity contribution in [2.24, 2.45) is 5.73 Å². The molecular formula is C10H12BrNO3. The first kappa shape index (κ1) is 12.0. The number of rotatable bonds is 3. The lowest BCUT2D eigenvalue weighted by atomic mass is 9.99. The number of nitrogens with two attached hydrogens (primary N) is 1. The van der Waals surface area contributed by atoms with Crippen LogP contribution in [0.4, 0.5) is 0 Å². The first-order chi connectivity index (χ1) is 6.93. The van der Waals surface area contributed by atoms with Crippen LogP contribution in [-0.4, -0.2) is 16.2 Å². The van der Waals surface area contributed by atoms with E-state index in [1.807, 2.05) is 0 Å². The van der Waals surface area contributed by atoms with Gasteiger partial charge in [-0.2, -0.15) is 0 Å². The van der Waals surface area contributed by atoms with Gasteiger partial charge in [0.2, 0.25) is 0 Å². The van der Waals surface area contributed by atoms with E-state index in [9.17, 15) is 9.90 Å². The van der Waals surface area contributed by atoms with Crippen LogP contribution in [0.1, 0.15) is 23.6 Å². The van der Waals surface area contributed by atoms with Crippen molar-refractivity contribution < 1.29 is 15.0 Å². The quantitative estimate of drug-likeness (QED) is 0.786. The number of aromatic hydroxyl groups is 1. The molecule has 0 aliphatic carbocycles. The monoisotopic (exact) mass is 273 g/mol. The molecule has 82 valence electrons. The highest BCUT2D eigenvalue weighted by molar-refractivity contribution is 9.10. The Morgan fingerprint density at radius 3 is 2.73 bits per heavy atom. The summed E-state index contributed by atoms with van der Waals surface area (Å²) in [5.74, 6) is -0.815. The van der Waals surface area contributed by atoms with E-state index in [0.717, 1.165) is 11.1 Å². The van der Waals surface area contributed by atoms with E-state index in [1.54, 1.807) is 13.0 Å². The summed E-state index contributed by atoms with van der Waals surface area (Å²) in [7, 11) is 0. The van der Waals surface area contributed by atoms with Gasteiger partial charge < -0.3 is 15.9 Å². The molecule has 5 heteroatoms. The second-order valence-electron chi connectivity index (χ2n) is 3.32. The molecular weight excluding hydrogens is 262 g/mol. The number of phenols is 1. The number of carboxylic acids is 1. The SMILES string of the molecule is Cc1c(C(N)CC(=O)O)ccc(O)c1Br. The van der Waals surface area contributed by atoms with E-state index in [2.05, 4.69) is 15.9 Å². The first-order valence-electron chi connectivity index (χ1n) is 4.38. The molecule has 0 bridgehead atoms. The Kier molecular flexibility index (Phi) is 3.71. The van der Waals surface area contributed by atoms with E-state index in [4.69, 9.17) is 10.8 Å². The third-order valence-electron chi connectivity index (χ3n) is 2.20. The van der Waals surface area contributed by atoms with Crippen LogP contribution in [0.15, 0.2) is 16.6 Å². The Labute approximate surface area is 95.8 Å². The normalized spacial score (nSPS) is 12.5. The minimum atomic E-state index is -0.939. The molecule has 4 nitrogen and oxygen atoms in total. The largest absolute Gasteiger partial charge is 0.507 e. The van der Waals surface area contributed by atoms with Gasteiger partial charge in [0.1, 0.15) is 5.75 Å². The minimum absolute atomic E-state index is 0.124. The molecule has 1 unspecified atom stereocenters. The van der Waals surface area contributed by atoms with E-state index >= 15 is 0 Å². The van der Waals surface area contributed by atoms with Crippen molar-refractivity contribution in [1.29, 1.82) is 0 Å². The average molecular weight is 274 g/mol. The number of carbonyl (C=O) groups is 1. The first-order valence-corrected chi connectivity index (χ1v) is 5.18. The Bertz CT molecular complexity index is 392. The maximum Gasteiger partial charge on any atom is 0.305 e. The third kappa shape index (κ3) is 2.70. The van der Waals surface area contributed by atoms with Crippen molar-refractivity contribution in [3.63, 3.8) is 0 Å². The smallest absolute Gasteiger partial charge is 0.305 e. The Morgan fingerprint density at radius 1 is 1.60 bits per heavy atom. The Morgan fingerprint density at radius 2 is 2.20 bits per heavy atom. The molecule has 0 saturated heterocycles. The highest BCUT2D eigenvalue weighted by atomic mass is 79.9. The molecule has 0 aliphatic rings. The maximum atomic E-state index is 10.5. The minimum Gasteiger partial charge on any atom is -0.507 e. The zero-order chi connectivity index (χ0) is 11.6. The molecule has 1 aromatic rings. The van der Waals surface area contributed by atoms with Crippen LogP contribution in [0.5, 0.6) is 5.75 Å². The van der Waals surface area contributed by atoms with Crippen LogP contribution in [0.25, 0.3) is 0 Å². The van der Waals surface area contributed by atoms with Gasteiger partial charge in [0, 0.05) is 6.04 Å². The summed E-state index contributed by atoms with van der Waals surface area (Å²) in [6.45, 7) is 1.78. The highest BCUT2D eigenvalue weighted by Gasteiger charge is 2.15. The van der Waals surface area contributed by atoms with E-state index in [1.165, 1.54) is 6.07 Å². The molecule has 0 aliphatic heterocycles. The fraction of sp³-hybridized carbons (Fsp3) is 0.300. The lowest BCUT2D eigenvalue weighted by Gasteiger charge is -2.14. The van der Waals surface area contributed by atoms with Crippen LogP contribution in [0, 0.1) is 6.92 Å². The summed E-state index contributed by atoms with van der Waals surface area (Å²) < 4.78 is 0.556. The van der Waals surface area contributed by atoms with E-state index < -0.39 is 12.0 Å². The van der Waals surface area contributed by atoms with Crippen LogP contribution < -0.4 is 5.73 Å². The standard InChI is InChI=1S/C10H12BrNO3/c1-5-6(7(12)4-9(14)15)2-3-8(13)10(5)11/h2-3,7,13H,4,12H2,1H3,(H,14,15). The van der Waals surface area contributed by atoms with Crippen molar-refractivity contribution in [3.05, 3.63) is 27.7 Å². The Balaban J connectivity index is 3.05. The summed E-state index contributed by atoms with van der Waals surface area (Å²) in [6, 6.07) is 2.58. The zero-order valence-electron chi connectivity index (χ0n) is 8.20. The summed E-state index contributed by atoms with van der Waals surface area (Å²) >= 11 is 3.21.